The first kappa shape index (κ1) is 22.4. The Kier molecular flexibility index (Phi) is 5.53. The van der Waals surface area contributed by atoms with E-state index in [1.165, 1.54) is 23.1 Å². The predicted molar refractivity (Wildman–Crippen MR) is 137 cm³/mol. The summed E-state index contributed by atoms with van der Waals surface area (Å²) in [6.07, 6.45) is 3.00. The lowest BCUT2D eigenvalue weighted by Gasteiger charge is -2.10. The van der Waals surface area contributed by atoms with Gasteiger partial charge in [0.1, 0.15) is 23.7 Å². The van der Waals surface area contributed by atoms with Crippen molar-refractivity contribution >= 4 is 33.5 Å². The molecule has 0 unspecified atom stereocenters. The predicted octanol–water partition coefficient (Wildman–Crippen LogP) is 4.62. The molecule has 0 radical (unpaired) electrons. The molecule has 1 amide bonds. The minimum atomic E-state index is -0.346. The fraction of sp³-hybridized carbons (Fsp3) is 0.0741. The molecule has 0 aliphatic rings. The Balaban J connectivity index is 1.25. The molecule has 0 aliphatic heterocycles. The third-order valence-corrected chi connectivity index (χ3v) is 5.81. The number of halogens is 1. The van der Waals surface area contributed by atoms with E-state index in [4.69, 9.17) is 4.74 Å². The van der Waals surface area contributed by atoms with Gasteiger partial charge in [0, 0.05) is 6.07 Å². The fourth-order valence-corrected chi connectivity index (χ4v) is 4.11. The fourth-order valence-electron chi connectivity index (χ4n) is 4.11. The SMILES string of the molecule is Cc1cc(NC(=O)COc2ccc3ccccc3c2)n(-c2ncnc3c2cnn3-c2ccc(F)cc2)n1. The van der Waals surface area contributed by atoms with Crippen LogP contribution in [0.15, 0.2) is 85.3 Å². The Hall–Kier alpha value is -5.12. The molecule has 37 heavy (non-hydrogen) atoms. The molecular formula is C27H20FN7O2. The number of anilines is 1. The van der Waals surface area contributed by atoms with E-state index in [2.05, 4.69) is 25.5 Å². The molecule has 3 aromatic heterocycles. The zero-order valence-corrected chi connectivity index (χ0v) is 19.7. The van der Waals surface area contributed by atoms with E-state index >= 15 is 0 Å². The molecule has 6 rings (SSSR count). The molecule has 3 heterocycles. The van der Waals surface area contributed by atoms with Crippen LogP contribution in [0.1, 0.15) is 5.69 Å². The summed E-state index contributed by atoms with van der Waals surface area (Å²) >= 11 is 0. The molecule has 0 bridgehead atoms. The summed E-state index contributed by atoms with van der Waals surface area (Å²) in [6.45, 7) is 1.64. The maximum absolute atomic E-state index is 13.4. The number of fused-ring (bicyclic) bond motifs is 2. The first-order valence-corrected chi connectivity index (χ1v) is 11.5. The molecule has 0 saturated carbocycles. The van der Waals surface area contributed by atoms with Crippen molar-refractivity contribution in [2.75, 3.05) is 11.9 Å². The first-order valence-electron chi connectivity index (χ1n) is 11.5. The minimum absolute atomic E-state index is 0.176. The number of amides is 1. The molecule has 1 N–H and O–H groups in total. The van der Waals surface area contributed by atoms with E-state index in [1.807, 2.05) is 49.4 Å². The molecule has 6 aromatic rings. The van der Waals surface area contributed by atoms with Gasteiger partial charge in [-0.25, -0.2) is 19.0 Å². The molecule has 0 saturated heterocycles. The number of benzene rings is 3. The zero-order valence-electron chi connectivity index (χ0n) is 19.7. The number of rotatable bonds is 6. The summed E-state index contributed by atoms with van der Waals surface area (Å²) in [6, 6.07) is 21.3. The average molecular weight is 494 g/mol. The summed E-state index contributed by atoms with van der Waals surface area (Å²) in [7, 11) is 0. The van der Waals surface area contributed by atoms with Crippen LogP contribution in [0.2, 0.25) is 0 Å². The number of aromatic nitrogens is 6. The van der Waals surface area contributed by atoms with E-state index in [9.17, 15) is 9.18 Å². The molecule has 0 spiro atoms. The molecule has 10 heteroatoms. The molecule has 0 atom stereocenters. The number of nitrogens with one attached hydrogen (secondary N) is 1. The normalized spacial score (nSPS) is 11.2. The summed E-state index contributed by atoms with van der Waals surface area (Å²) in [5.74, 6) is 0.787. The van der Waals surface area contributed by atoms with Crippen LogP contribution in [0.4, 0.5) is 10.2 Å². The molecule has 3 aromatic carbocycles. The van der Waals surface area contributed by atoms with Crippen molar-refractivity contribution in [2.24, 2.45) is 0 Å². The van der Waals surface area contributed by atoms with Crippen molar-refractivity contribution in [2.45, 2.75) is 6.92 Å². The number of nitrogens with zero attached hydrogens (tertiary/aromatic N) is 6. The van der Waals surface area contributed by atoms with Crippen LogP contribution in [-0.4, -0.2) is 42.0 Å². The molecular weight excluding hydrogens is 473 g/mol. The lowest BCUT2D eigenvalue weighted by molar-refractivity contribution is -0.118. The Morgan fingerprint density at radius 1 is 0.973 bits per heavy atom. The smallest absolute Gasteiger partial charge is 0.263 e. The van der Waals surface area contributed by atoms with Crippen LogP contribution in [0.5, 0.6) is 5.75 Å². The highest BCUT2D eigenvalue weighted by Gasteiger charge is 2.18. The van der Waals surface area contributed by atoms with Gasteiger partial charge in [-0.2, -0.15) is 14.9 Å². The second-order valence-corrected chi connectivity index (χ2v) is 8.40. The van der Waals surface area contributed by atoms with Gasteiger partial charge in [-0.05, 0) is 54.1 Å². The first-order chi connectivity index (χ1) is 18.0. The third-order valence-electron chi connectivity index (χ3n) is 5.81. The summed E-state index contributed by atoms with van der Waals surface area (Å²) in [4.78, 5) is 21.5. The van der Waals surface area contributed by atoms with Crippen molar-refractivity contribution in [1.29, 1.82) is 0 Å². The molecule has 0 fully saturated rings. The van der Waals surface area contributed by atoms with Crippen molar-refractivity contribution in [1.82, 2.24) is 29.5 Å². The number of ether oxygens (including phenoxy) is 1. The monoisotopic (exact) mass is 493 g/mol. The van der Waals surface area contributed by atoms with Crippen molar-refractivity contribution in [3.8, 4) is 17.3 Å². The second kappa shape index (κ2) is 9.15. The quantitative estimate of drug-likeness (QED) is 0.364. The number of hydrogen-bond acceptors (Lipinski definition) is 6. The summed E-state index contributed by atoms with van der Waals surface area (Å²) < 4.78 is 22.2. The highest BCUT2D eigenvalue weighted by molar-refractivity contribution is 5.92. The van der Waals surface area contributed by atoms with Gasteiger partial charge in [0.25, 0.3) is 5.91 Å². The largest absolute Gasteiger partial charge is 0.484 e. The third kappa shape index (κ3) is 4.36. The van der Waals surface area contributed by atoms with Crippen LogP contribution in [0, 0.1) is 12.7 Å². The lowest BCUT2D eigenvalue weighted by atomic mass is 10.1. The Labute approximate surface area is 210 Å². The van der Waals surface area contributed by atoms with Crippen molar-refractivity contribution in [3.05, 3.63) is 96.8 Å². The minimum Gasteiger partial charge on any atom is -0.484 e. The zero-order chi connectivity index (χ0) is 25.4. The maximum Gasteiger partial charge on any atom is 0.263 e. The summed E-state index contributed by atoms with van der Waals surface area (Å²) in [5, 5.41) is 14.5. The molecule has 9 nitrogen and oxygen atoms in total. The van der Waals surface area contributed by atoms with Crippen molar-refractivity contribution < 1.29 is 13.9 Å². The Morgan fingerprint density at radius 2 is 1.78 bits per heavy atom. The number of carbonyl (C=O) groups excluding carboxylic acids is 1. The van der Waals surface area contributed by atoms with E-state index in [0.717, 1.165) is 10.8 Å². The van der Waals surface area contributed by atoms with Crippen LogP contribution in [-0.2, 0) is 4.79 Å². The number of hydrogen-bond donors (Lipinski definition) is 1. The summed E-state index contributed by atoms with van der Waals surface area (Å²) in [5.41, 5.74) is 1.85. The van der Waals surface area contributed by atoms with Gasteiger partial charge in [-0.1, -0.05) is 30.3 Å². The number of aryl methyl sites for hydroxylation is 1. The van der Waals surface area contributed by atoms with Gasteiger partial charge >= 0.3 is 0 Å². The van der Waals surface area contributed by atoms with Gasteiger partial charge < -0.3 is 10.1 Å². The van der Waals surface area contributed by atoms with Gasteiger partial charge in [-0.3, -0.25) is 4.79 Å². The van der Waals surface area contributed by atoms with Crippen LogP contribution >= 0.6 is 0 Å². The van der Waals surface area contributed by atoms with E-state index < -0.39 is 0 Å². The van der Waals surface area contributed by atoms with E-state index in [-0.39, 0.29) is 18.3 Å². The van der Waals surface area contributed by atoms with Crippen LogP contribution < -0.4 is 10.1 Å². The number of carbonyl (C=O) groups is 1. The Bertz CT molecular complexity index is 1760. The maximum atomic E-state index is 13.4. The van der Waals surface area contributed by atoms with Gasteiger partial charge in [-0.15, -0.1) is 0 Å². The Morgan fingerprint density at radius 3 is 2.62 bits per heavy atom. The van der Waals surface area contributed by atoms with Crippen LogP contribution in [0.25, 0.3) is 33.3 Å². The van der Waals surface area contributed by atoms with Gasteiger partial charge in [0.2, 0.25) is 0 Å². The topological polar surface area (TPSA) is 99.7 Å². The van der Waals surface area contributed by atoms with E-state index in [0.29, 0.717) is 39.8 Å². The molecule has 182 valence electrons. The second-order valence-electron chi connectivity index (χ2n) is 8.40. The van der Waals surface area contributed by atoms with Crippen LogP contribution in [0.3, 0.4) is 0 Å². The van der Waals surface area contributed by atoms with Crippen molar-refractivity contribution in [3.63, 3.8) is 0 Å². The highest BCUT2D eigenvalue weighted by Crippen LogP contribution is 2.25. The van der Waals surface area contributed by atoms with Gasteiger partial charge in [0.15, 0.2) is 18.1 Å². The highest BCUT2D eigenvalue weighted by atomic mass is 19.1. The molecule has 0 aliphatic carbocycles. The van der Waals surface area contributed by atoms with Gasteiger partial charge in [0.05, 0.1) is 23.0 Å². The standard InChI is InChI=1S/C27H20FN7O2/c1-17-12-24(32-25(36)15-37-22-11-6-18-4-2-3-5-19(18)13-22)35(33-17)27-23-14-31-34(26(23)29-16-30-27)21-9-7-20(28)8-10-21/h2-14,16H,15H2,1H3,(H,32,36). The lowest BCUT2D eigenvalue weighted by Crippen LogP contribution is -2.22. The average Bonchev–Trinajstić information content (AvgIpc) is 3.51. The van der Waals surface area contributed by atoms with E-state index in [1.54, 1.807) is 29.1 Å².